The van der Waals surface area contributed by atoms with E-state index >= 15 is 0 Å². The molecule has 0 heterocycles. The number of carbonyl (C=O) groups is 1. The van der Waals surface area contributed by atoms with E-state index in [4.69, 9.17) is 9.47 Å². The smallest absolute Gasteiger partial charge is 0.252 e. The molecule has 4 nitrogen and oxygen atoms in total. The zero-order chi connectivity index (χ0) is 13.4. The minimum absolute atomic E-state index is 0.0599. The van der Waals surface area contributed by atoms with Gasteiger partial charge in [0.1, 0.15) is 6.61 Å². The number of methoxy groups -OCH3 is 1. The molecule has 4 heteroatoms. The Hall–Kier alpha value is -1.39. The van der Waals surface area contributed by atoms with E-state index in [1.54, 1.807) is 19.1 Å². The van der Waals surface area contributed by atoms with Crippen LogP contribution in [0.3, 0.4) is 0 Å². The van der Waals surface area contributed by atoms with Gasteiger partial charge in [-0.25, -0.2) is 0 Å². The van der Waals surface area contributed by atoms with Crippen molar-refractivity contribution < 1.29 is 14.3 Å². The van der Waals surface area contributed by atoms with E-state index < -0.39 is 0 Å². The number of benzene rings is 1. The lowest BCUT2D eigenvalue weighted by molar-refractivity contribution is -0.123. The molecule has 0 fully saturated rings. The normalized spacial score (nSPS) is 10.4. The molecule has 0 aliphatic heterocycles. The Bertz CT molecular complexity index is 362. The van der Waals surface area contributed by atoms with Gasteiger partial charge in [-0.05, 0) is 24.1 Å². The quantitative estimate of drug-likeness (QED) is 0.694. The SMILES string of the molecule is CCc1ccc(N(C)C(=O)COCCOC)cc1. The van der Waals surface area contributed by atoms with Crippen molar-refractivity contribution in [1.82, 2.24) is 0 Å². The fourth-order valence-electron chi connectivity index (χ4n) is 1.50. The van der Waals surface area contributed by atoms with Crippen molar-refractivity contribution in [2.45, 2.75) is 13.3 Å². The van der Waals surface area contributed by atoms with Gasteiger partial charge in [0, 0.05) is 19.8 Å². The van der Waals surface area contributed by atoms with Crippen LogP contribution in [-0.4, -0.2) is 39.9 Å². The van der Waals surface area contributed by atoms with E-state index in [1.165, 1.54) is 5.56 Å². The number of nitrogens with zero attached hydrogens (tertiary/aromatic N) is 1. The monoisotopic (exact) mass is 251 g/mol. The van der Waals surface area contributed by atoms with Crippen molar-refractivity contribution in [3.05, 3.63) is 29.8 Å². The molecule has 0 atom stereocenters. The van der Waals surface area contributed by atoms with Crippen molar-refractivity contribution in [3.8, 4) is 0 Å². The van der Waals surface area contributed by atoms with Crippen LogP contribution in [0.25, 0.3) is 0 Å². The predicted molar refractivity (Wildman–Crippen MR) is 71.9 cm³/mol. The minimum atomic E-state index is -0.0599. The molecule has 1 aromatic carbocycles. The molecule has 0 saturated heterocycles. The number of amides is 1. The number of carbonyl (C=O) groups excluding carboxylic acids is 1. The first-order chi connectivity index (χ1) is 8.69. The molecule has 0 N–H and O–H groups in total. The molecular weight excluding hydrogens is 230 g/mol. The minimum Gasteiger partial charge on any atom is -0.382 e. The van der Waals surface area contributed by atoms with Crippen LogP contribution in [0, 0.1) is 0 Å². The van der Waals surface area contributed by atoms with Gasteiger partial charge in [-0.15, -0.1) is 0 Å². The third-order valence-electron chi connectivity index (χ3n) is 2.76. The first-order valence-electron chi connectivity index (χ1n) is 6.11. The molecule has 0 spiro atoms. The summed E-state index contributed by atoms with van der Waals surface area (Å²) in [6.07, 6.45) is 0.998. The number of aryl methyl sites for hydroxylation is 1. The second kappa shape index (κ2) is 7.84. The number of rotatable bonds is 7. The molecule has 0 unspecified atom stereocenters. The van der Waals surface area contributed by atoms with Gasteiger partial charge in [0.15, 0.2) is 0 Å². The Labute approximate surface area is 108 Å². The Morgan fingerprint density at radius 2 is 1.89 bits per heavy atom. The summed E-state index contributed by atoms with van der Waals surface area (Å²) in [5.41, 5.74) is 2.14. The molecule has 100 valence electrons. The number of anilines is 1. The van der Waals surface area contributed by atoms with Gasteiger partial charge in [-0.3, -0.25) is 4.79 Å². The van der Waals surface area contributed by atoms with Crippen LogP contribution in [0.1, 0.15) is 12.5 Å². The maximum atomic E-state index is 11.8. The van der Waals surface area contributed by atoms with E-state index in [9.17, 15) is 4.79 Å². The second-order valence-electron chi connectivity index (χ2n) is 4.02. The van der Waals surface area contributed by atoms with E-state index in [2.05, 4.69) is 6.92 Å². The summed E-state index contributed by atoms with van der Waals surface area (Å²) >= 11 is 0. The van der Waals surface area contributed by atoms with Crippen LogP contribution in [0.2, 0.25) is 0 Å². The van der Waals surface area contributed by atoms with Gasteiger partial charge in [0.2, 0.25) is 0 Å². The third kappa shape index (κ3) is 4.47. The summed E-state index contributed by atoms with van der Waals surface area (Å²) in [4.78, 5) is 13.4. The van der Waals surface area contributed by atoms with Crippen LogP contribution in [0.15, 0.2) is 24.3 Å². The first-order valence-corrected chi connectivity index (χ1v) is 6.11. The largest absolute Gasteiger partial charge is 0.382 e. The van der Waals surface area contributed by atoms with Crippen LogP contribution < -0.4 is 4.90 Å². The topological polar surface area (TPSA) is 38.8 Å². The highest BCUT2D eigenvalue weighted by Gasteiger charge is 2.10. The van der Waals surface area contributed by atoms with E-state index in [1.807, 2.05) is 24.3 Å². The summed E-state index contributed by atoms with van der Waals surface area (Å²) in [5.74, 6) is -0.0599. The number of hydrogen-bond acceptors (Lipinski definition) is 3. The third-order valence-corrected chi connectivity index (χ3v) is 2.76. The fraction of sp³-hybridized carbons (Fsp3) is 0.500. The Morgan fingerprint density at radius 3 is 2.44 bits per heavy atom. The van der Waals surface area contributed by atoms with Crippen LogP contribution in [0.5, 0.6) is 0 Å². The summed E-state index contributed by atoms with van der Waals surface area (Å²) < 4.78 is 10.1. The lowest BCUT2D eigenvalue weighted by atomic mass is 10.1. The predicted octanol–water partition coefficient (Wildman–Crippen LogP) is 1.87. The van der Waals surface area contributed by atoms with Crippen molar-refractivity contribution in [2.75, 3.05) is 38.9 Å². The van der Waals surface area contributed by atoms with Gasteiger partial charge < -0.3 is 14.4 Å². The lowest BCUT2D eigenvalue weighted by Crippen LogP contribution is -2.30. The molecule has 0 aromatic heterocycles. The van der Waals surface area contributed by atoms with Crippen LogP contribution in [-0.2, 0) is 20.7 Å². The maximum Gasteiger partial charge on any atom is 0.252 e. The highest BCUT2D eigenvalue weighted by molar-refractivity contribution is 5.93. The Kier molecular flexibility index (Phi) is 6.39. The molecule has 1 rings (SSSR count). The highest BCUT2D eigenvalue weighted by atomic mass is 16.5. The number of likely N-dealkylation sites (N-methyl/N-ethyl adjacent to an activating group) is 1. The van der Waals surface area contributed by atoms with Gasteiger partial charge in [-0.1, -0.05) is 19.1 Å². The fourth-order valence-corrected chi connectivity index (χ4v) is 1.50. The molecular formula is C14H21NO3. The lowest BCUT2D eigenvalue weighted by Gasteiger charge is -2.17. The summed E-state index contributed by atoms with van der Waals surface area (Å²) in [7, 11) is 3.36. The van der Waals surface area contributed by atoms with Crippen LogP contribution in [0.4, 0.5) is 5.69 Å². The molecule has 0 saturated carbocycles. The number of ether oxygens (including phenoxy) is 2. The zero-order valence-corrected chi connectivity index (χ0v) is 11.3. The van der Waals surface area contributed by atoms with Crippen molar-refractivity contribution in [1.29, 1.82) is 0 Å². The molecule has 0 bridgehead atoms. The molecule has 1 aromatic rings. The maximum absolute atomic E-state index is 11.8. The van der Waals surface area contributed by atoms with E-state index in [-0.39, 0.29) is 12.5 Å². The Morgan fingerprint density at radius 1 is 1.22 bits per heavy atom. The average Bonchev–Trinajstić information content (AvgIpc) is 2.42. The summed E-state index contributed by atoms with van der Waals surface area (Å²) in [6.45, 7) is 3.12. The van der Waals surface area contributed by atoms with Crippen molar-refractivity contribution in [2.24, 2.45) is 0 Å². The standard InChI is InChI=1S/C14H21NO3/c1-4-12-5-7-13(8-6-12)15(2)14(16)11-18-10-9-17-3/h5-8H,4,9-11H2,1-3H3. The van der Waals surface area contributed by atoms with Crippen molar-refractivity contribution in [3.63, 3.8) is 0 Å². The van der Waals surface area contributed by atoms with E-state index in [0.717, 1.165) is 12.1 Å². The zero-order valence-electron chi connectivity index (χ0n) is 11.3. The summed E-state index contributed by atoms with van der Waals surface area (Å²) in [6, 6.07) is 7.97. The van der Waals surface area contributed by atoms with Gasteiger partial charge in [0.25, 0.3) is 5.91 Å². The molecule has 0 aliphatic carbocycles. The van der Waals surface area contributed by atoms with Gasteiger partial charge >= 0.3 is 0 Å². The van der Waals surface area contributed by atoms with Crippen LogP contribution >= 0.6 is 0 Å². The molecule has 0 aliphatic rings. The molecule has 1 amide bonds. The van der Waals surface area contributed by atoms with Gasteiger partial charge in [-0.2, -0.15) is 0 Å². The number of hydrogen-bond donors (Lipinski definition) is 0. The second-order valence-corrected chi connectivity index (χ2v) is 4.02. The van der Waals surface area contributed by atoms with E-state index in [0.29, 0.717) is 13.2 Å². The molecule has 18 heavy (non-hydrogen) atoms. The summed E-state index contributed by atoms with van der Waals surface area (Å²) in [5, 5.41) is 0. The molecule has 0 radical (unpaired) electrons. The highest BCUT2D eigenvalue weighted by Crippen LogP contribution is 2.14. The first kappa shape index (κ1) is 14.7. The van der Waals surface area contributed by atoms with Gasteiger partial charge in [0.05, 0.1) is 13.2 Å². The average molecular weight is 251 g/mol. The Balaban J connectivity index is 2.46. The van der Waals surface area contributed by atoms with Crippen molar-refractivity contribution >= 4 is 11.6 Å².